The lowest BCUT2D eigenvalue weighted by molar-refractivity contribution is -0.493. The van der Waals surface area contributed by atoms with Crippen LogP contribution >= 0.6 is 15.8 Å². The molecular formula is C29H29N2P2+. The molecule has 0 aliphatic carbocycles. The highest BCUT2D eigenvalue weighted by Crippen LogP contribution is 2.36. The third-order valence-electron chi connectivity index (χ3n) is 5.92. The lowest BCUT2D eigenvalue weighted by atomic mass is 10.4. The van der Waals surface area contributed by atoms with E-state index < -0.39 is 15.8 Å². The van der Waals surface area contributed by atoms with Crippen LogP contribution in [0.15, 0.2) is 121 Å². The topological polar surface area (TPSA) is 6.25 Å². The number of hydrogen-bond donors (Lipinski definition) is 0. The Hall–Kier alpha value is -2.79. The minimum absolute atomic E-state index is 0.416. The second-order valence-electron chi connectivity index (χ2n) is 8.22. The SMILES string of the molecule is C1=[N+](CP(c2ccccc2)c2ccccc2)CCN1CP(c1ccccc1)c1ccccc1. The molecule has 1 aliphatic rings. The summed E-state index contributed by atoms with van der Waals surface area (Å²) in [5, 5.41) is 5.78. The fourth-order valence-electron chi connectivity index (χ4n) is 4.24. The molecule has 0 amide bonds. The van der Waals surface area contributed by atoms with Gasteiger partial charge in [-0.25, -0.2) is 0 Å². The molecule has 0 bridgehead atoms. The third-order valence-corrected chi connectivity index (χ3v) is 10.9. The van der Waals surface area contributed by atoms with Gasteiger partial charge < -0.3 is 0 Å². The Balaban J connectivity index is 1.37. The monoisotopic (exact) mass is 467 g/mol. The summed E-state index contributed by atoms with van der Waals surface area (Å²) in [6.45, 7) is 2.18. The second-order valence-corrected chi connectivity index (χ2v) is 12.6. The fourth-order valence-corrected chi connectivity index (χ4v) is 8.77. The van der Waals surface area contributed by atoms with E-state index >= 15 is 0 Å². The van der Waals surface area contributed by atoms with E-state index in [0.29, 0.717) is 0 Å². The molecule has 1 aliphatic heterocycles. The van der Waals surface area contributed by atoms with Crippen LogP contribution in [0.5, 0.6) is 0 Å². The van der Waals surface area contributed by atoms with Crippen molar-refractivity contribution < 1.29 is 4.58 Å². The molecule has 0 aromatic heterocycles. The van der Waals surface area contributed by atoms with E-state index in [1.165, 1.54) is 21.2 Å². The minimum atomic E-state index is -0.416. The lowest BCUT2D eigenvalue weighted by Gasteiger charge is -2.20. The predicted molar refractivity (Wildman–Crippen MR) is 146 cm³/mol. The van der Waals surface area contributed by atoms with Crippen molar-refractivity contribution in [3.63, 3.8) is 0 Å². The Bertz CT molecular complexity index is 1090. The molecule has 0 unspecified atom stereocenters. The van der Waals surface area contributed by atoms with Crippen molar-refractivity contribution in [2.24, 2.45) is 0 Å². The standard InChI is InChI=1S/C29H29N2P2/c1-5-13-26(14-6-1)32(27-15-7-2-8-16-27)24-30-21-22-31(23-30)25-33(28-17-9-3-10-18-28)29-19-11-4-12-20-29/h1-20,23H,21-22,24-25H2/q+1. The highest BCUT2D eigenvalue weighted by atomic mass is 31.1. The average Bonchev–Trinajstić information content (AvgIpc) is 3.35. The van der Waals surface area contributed by atoms with Crippen molar-refractivity contribution in [1.82, 2.24) is 4.90 Å². The highest BCUT2D eigenvalue weighted by Gasteiger charge is 2.27. The average molecular weight is 468 g/mol. The number of nitrogens with zero attached hydrogens (tertiary/aromatic N) is 2. The molecule has 0 saturated carbocycles. The maximum atomic E-state index is 2.54. The van der Waals surface area contributed by atoms with Gasteiger partial charge in [0.15, 0.2) is 0 Å². The molecule has 0 spiro atoms. The quantitative estimate of drug-likeness (QED) is 0.273. The zero-order valence-corrected chi connectivity index (χ0v) is 20.5. The van der Waals surface area contributed by atoms with Gasteiger partial charge in [0.2, 0.25) is 6.34 Å². The fraction of sp³-hybridized carbons (Fsp3) is 0.138. The summed E-state index contributed by atoms with van der Waals surface area (Å²) in [4.78, 5) is 2.54. The third kappa shape index (κ3) is 5.59. The number of hydrogen-bond acceptors (Lipinski definition) is 1. The molecule has 4 aromatic carbocycles. The van der Waals surface area contributed by atoms with Crippen LogP contribution in [0.2, 0.25) is 0 Å². The summed E-state index contributed by atoms with van der Waals surface area (Å²) >= 11 is 0. The molecule has 5 rings (SSSR count). The van der Waals surface area contributed by atoms with Gasteiger partial charge in [-0.2, -0.15) is 0 Å². The van der Waals surface area contributed by atoms with Crippen molar-refractivity contribution in [2.75, 3.05) is 25.7 Å². The van der Waals surface area contributed by atoms with E-state index in [2.05, 4.69) is 137 Å². The smallest absolute Gasteiger partial charge is 0.235 e. The Labute approximate surface area is 199 Å². The van der Waals surface area contributed by atoms with Gasteiger partial charge in [-0.1, -0.05) is 121 Å². The summed E-state index contributed by atoms with van der Waals surface area (Å²) in [6, 6.07) is 44.1. The van der Waals surface area contributed by atoms with E-state index in [-0.39, 0.29) is 0 Å². The van der Waals surface area contributed by atoms with Gasteiger partial charge in [0.25, 0.3) is 0 Å². The van der Waals surface area contributed by atoms with Gasteiger partial charge in [0, 0.05) is 0 Å². The van der Waals surface area contributed by atoms with Crippen molar-refractivity contribution in [3.8, 4) is 0 Å². The minimum Gasteiger partial charge on any atom is -0.260 e. The highest BCUT2D eigenvalue weighted by molar-refractivity contribution is 7.73. The van der Waals surface area contributed by atoms with Crippen molar-refractivity contribution in [1.29, 1.82) is 0 Å². The first-order valence-corrected chi connectivity index (χ1v) is 14.5. The van der Waals surface area contributed by atoms with Gasteiger partial charge in [0.1, 0.15) is 25.7 Å². The Morgan fingerprint density at radius 3 is 1.36 bits per heavy atom. The molecule has 0 fully saturated rings. The van der Waals surface area contributed by atoms with E-state index in [1.807, 2.05) is 0 Å². The van der Waals surface area contributed by atoms with Crippen molar-refractivity contribution in [2.45, 2.75) is 0 Å². The van der Waals surface area contributed by atoms with E-state index in [1.54, 1.807) is 0 Å². The molecule has 164 valence electrons. The summed E-state index contributed by atoms with van der Waals surface area (Å²) in [5.74, 6) is 0. The van der Waals surface area contributed by atoms with Crippen molar-refractivity contribution >= 4 is 43.4 Å². The molecule has 2 nitrogen and oxygen atoms in total. The van der Waals surface area contributed by atoms with Crippen LogP contribution in [0, 0.1) is 0 Å². The summed E-state index contributed by atoms with van der Waals surface area (Å²) in [5.41, 5.74) is 0. The summed E-state index contributed by atoms with van der Waals surface area (Å²) in [6.07, 6.45) is 4.52. The van der Waals surface area contributed by atoms with Crippen LogP contribution in [-0.2, 0) is 0 Å². The molecule has 4 heteroatoms. The first-order valence-electron chi connectivity index (χ1n) is 11.5. The van der Waals surface area contributed by atoms with Crippen LogP contribution in [0.3, 0.4) is 0 Å². The van der Waals surface area contributed by atoms with Gasteiger partial charge in [0.05, 0.1) is 0 Å². The molecule has 1 heterocycles. The molecule has 0 saturated heterocycles. The van der Waals surface area contributed by atoms with E-state index in [0.717, 1.165) is 25.7 Å². The van der Waals surface area contributed by atoms with Crippen LogP contribution in [-0.4, -0.2) is 41.5 Å². The molecule has 0 N–H and O–H groups in total. The van der Waals surface area contributed by atoms with Gasteiger partial charge in [-0.3, -0.25) is 9.48 Å². The van der Waals surface area contributed by atoms with Crippen LogP contribution in [0.4, 0.5) is 0 Å². The Morgan fingerprint density at radius 1 is 0.545 bits per heavy atom. The van der Waals surface area contributed by atoms with Crippen LogP contribution in [0.1, 0.15) is 0 Å². The van der Waals surface area contributed by atoms with Crippen LogP contribution < -0.4 is 21.2 Å². The predicted octanol–water partition coefficient (Wildman–Crippen LogP) is 4.52. The lowest BCUT2D eigenvalue weighted by Crippen LogP contribution is -2.26. The molecule has 4 aromatic rings. The molecule has 33 heavy (non-hydrogen) atoms. The zero-order chi connectivity index (χ0) is 22.3. The van der Waals surface area contributed by atoms with Crippen LogP contribution in [0.25, 0.3) is 0 Å². The van der Waals surface area contributed by atoms with Gasteiger partial charge in [-0.05, 0) is 37.1 Å². The first kappa shape index (κ1) is 22.0. The second kappa shape index (κ2) is 10.9. The summed E-state index contributed by atoms with van der Waals surface area (Å²) in [7, 11) is -0.831. The van der Waals surface area contributed by atoms with Crippen molar-refractivity contribution in [3.05, 3.63) is 121 Å². The molecular weight excluding hydrogens is 438 g/mol. The van der Waals surface area contributed by atoms with Gasteiger partial charge >= 0.3 is 0 Å². The number of benzene rings is 4. The Morgan fingerprint density at radius 2 is 0.939 bits per heavy atom. The first-order chi connectivity index (χ1) is 16.4. The van der Waals surface area contributed by atoms with Gasteiger partial charge in [-0.15, -0.1) is 0 Å². The van der Waals surface area contributed by atoms with E-state index in [4.69, 9.17) is 0 Å². The molecule has 0 radical (unpaired) electrons. The number of rotatable bonds is 8. The normalized spacial score (nSPS) is 13.5. The molecule has 0 atom stereocenters. The maximum absolute atomic E-state index is 2.54. The summed E-state index contributed by atoms with van der Waals surface area (Å²) < 4.78 is 2.54. The largest absolute Gasteiger partial charge is 0.260 e. The Kier molecular flexibility index (Phi) is 7.27. The maximum Gasteiger partial charge on any atom is 0.235 e. The zero-order valence-electron chi connectivity index (χ0n) is 18.7. The van der Waals surface area contributed by atoms with E-state index in [9.17, 15) is 0 Å².